The Morgan fingerprint density at radius 2 is 1.97 bits per heavy atom. The number of pyridine rings is 1. The van der Waals surface area contributed by atoms with Crippen LogP contribution in [0, 0.1) is 19.7 Å². The van der Waals surface area contributed by atoms with E-state index in [1.807, 2.05) is 29.7 Å². The van der Waals surface area contributed by atoms with E-state index in [9.17, 15) is 9.18 Å². The topological polar surface area (TPSA) is 46.4 Å². The van der Waals surface area contributed by atoms with Crippen LogP contribution in [0.2, 0.25) is 5.02 Å². The number of nitrogens with one attached hydrogen (secondary N) is 1. The second kappa shape index (κ2) is 7.68. The molecule has 146 valence electrons. The van der Waals surface area contributed by atoms with E-state index in [2.05, 4.69) is 5.32 Å². The molecule has 2 heterocycles. The van der Waals surface area contributed by atoms with Crippen LogP contribution in [-0.2, 0) is 11.2 Å². The number of halogens is 2. The number of benzene rings is 2. The number of aryl methyl sites for hydroxylation is 2. The molecule has 1 N–H and O–H groups in total. The van der Waals surface area contributed by atoms with Gasteiger partial charge >= 0.3 is 0 Å². The highest BCUT2D eigenvalue weighted by Crippen LogP contribution is 2.27. The first-order valence-electron chi connectivity index (χ1n) is 9.20. The lowest BCUT2D eigenvalue weighted by Crippen LogP contribution is -2.16. The van der Waals surface area contributed by atoms with Crippen molar-refractivity contribution in [2.24, 2.45) is 0 Å². The van der Waals surface area contributed by atoms with Crippen molar-refractivity contribution in [2.45, 2.75) is 20.3 Å². The predicted octanol–water partition coefficient (Wildman–Crippen LogP) is 5.59. The van der Waals surface area contributed by atoms with Crippen LogP contribution in [0.4, 0.5) is 10.1 Å². The van der Waals surface area contributed by atoms with E-state index in [0.29, 0.717) is 22.0 Å². The molecule has 6 heteroatoms. The lowest BCUT2D eigenvalue weighted by atomic mass is 10.1. The number of amides is 1. The van der Waals surface area contributed by atoms with E-state index < -0.39 is 0 Å². The molecule has 29 heavy (non-hydrogen) atoms. The lowest BCUT2D eigenvalue weighted by Gasteiger charge is -2.09. The summed E-state index contributed by atoms with van der Waals surface area (Å²) in [5, 5.41) is 3.43. The Hall–Kier alpha value is -3.18. The van der Waals surface area contributed by atoms with Crippen molar-refractivity contribution in [3.8, 4) is 11.3 Å². The molecule has 1 amide bonds. The summed E-state index contributed by atoms with van der Waals surface area (Å²) >= 11 is 6.00. The second-order valence-electron chi connectivity index (χ2n) is 7.04. The zero-order valence-electron chi connectivity index (χ0n) is 16.0. The summed E-state index contributed by atoms with van der Waals surface area (Å²) in [6.45, 7) is 3.70. The van der Waals surface area contributed by atoms with Gasteiger partial charge in [0.2, 0.25) is 5.91 Å². The summed E-state index contributed by atoms with van der Waals surface area (Å²) in [5.41, 5.74) is 5.13. The minimum atomic E-state index is -0.270. The third kappa shape index (κ3) is 4.00. The minimum absolute atomic E-state index is 0.114. The van der Waals surface area contributed by atoms with Crippen molar-refractivity contribution in [2.75, 3.05) is 5.32 Å². The molecule has 4 rings (SSSR count). The fourth-order valence-electron chi connectivity index (χ4n) is 3.32. The van der Waals surface area contributed by atoms with Crippen LogP contribution in [0.15, 0.2) is 60.8 Å². The molecule has 2 aromatic heterocycles. The van der Waals surface area contributed by atoms with Gasteiger partial charge in [-0.2, -0.15) is 0 Å². The van der Waals surface area contributed by atoms with Crippen molar-refractivity contribution in [3.63, 3.8) is 0 Å². The normalized spacial score (nSPS) is 11.0. The minimum Gasteiger partial charge on any atom is -0.326 e. The fourth-order valence-corrected chi connectivity index (χ4v) is 3.51. The molecule has 0 aliphatic heterocycles. The number of fused-ring (bicyclic) bond motifs is 1. The van der Waals surface area contributed by atoms with Gasteiger partial charge in [-0.3, -0.25) is 4.79 Å². The first-order valence-corrected chi connectivity index (χ1v) is 9.58. The molecule has 0 spiro atoms. The van der Waals surface area contributed by atoms with Gasteiger partial charge in [0.25, 0.3) is 0 Å². The van der Waals surface area contributed by atoms with E-state index in [1.54, 1.807) is 43.3 Å². The largest absolute Gasteiger partial charge is 0.326 e. The molecular weight excluding hydrogens is 389 g/mol. The molecule has 0 saturated heterocycles. The van der Waals surface area contributed by atoms with Crippen LogP contribution in [0.3, 0.4) is 0 Å². The zero-order chi connectivity index (χ0) is 20.5. The molecule has 0 fully saturated rings. The number of anilines is 1. The van der Waals surface area contributed by atoms with Gasteiger partial charge in [-0.05, 0) is 67.4 Å². The van der Waals surface area contributed by atoms with Gasteiger partial charge in [-0.15, -0.1) is 0 Å². The SMILES string of the molecule is Cc1ccc2nc(-c3ccc(F)c(C)c3)c(CC(=O)Nc3cccc(Cl)c3)n2c1. The molecule has 0 saturated carbocycles. The van der Waals surface area contributed by atoms with E-state index in [0.717, 1.165) is 22.5 Å². The summed E-state index contributed by atoms with van der Waals surface area (Å²) in [4.78, 5) is 17.5. The molecule has 0 bridgehead atoms. The van der Waals surface area contributed by atoms with E-state index in [4.69, 9.17) is 16.6 Å². The van der Waals surface area contributed by atoms with Gasteiger partial charge in [0.1, 0.15) is 11.5 Å². The van der Waals surface area contributed by atoms with Crippen molar-refractivity contribution in [1.82, 2.24) is 9.38 Å². The van der Waals surface area contributed by atoms with E-state index in [1.165, 1.54) is 6.07 Å². The highest BCUT2D eigenvalue weighted by atomic mass is 35.5. The number of aromatic nitrogens is 2. The first kappa shape index (κ1) is 19.2. The lowest BCUT2D eigenvalue weighted by molar-refractivity contribution is -0.115. The monoisotopic (exact) mass is 407 g/mol. The average molecular weight is 408 g/mol. The standard InChI is InChI=1S/C23H19ClFN3O/c1-14-6-9-21-27-23(16-7-8-19(25)15(2)10-16)20(28(21)13-14)12-22(29)26-18-5-3-4-17(24)11-18/h3-11,13H,12H2,1-2H3,(H,26,29). The summed E-state index contributed by atoms with van der Waals surface area (Å²) in [5.74, 6) is -0.454. The fraction of sp³-hybridized carbons (Fsp3) is 0.130. The summed E-state index contributed by atoms with van der Waals surface area (Å²) in [6.07, 6.45) is 2.06. The Labute approximate surface area is 173 Å². The number of imidazole rings is 1. The smallest absolute Gasteiger partial charge is 0.230 e. The number of rotatable bonds is 4. The Kier molecular flexibility index (Phi) is 5.07. The third-order valence-corrected chi connectivity index (χ3v) is 4.97. The third-order valence-electron chi connectivity index (χ3n) is 4.73. The van der Waals surface area contributed by atoms with Crippen molar-refractivity contribution < 1.29 is 9.18 Å². The van der Waals surface area contributed by atoms with E-state index >= 15 is 0 Å². The van der Waals surface area contributed by atoms with E-state index in [-0.39, 0.29) is 18.1 Å². The molecule has 2 aromatic carbocycles. The molecule has 0 radical (unpaired) electrons. The number of nitrogens with zero attached hydrogens (tertiary/aromatic N) is 2. The number of carbonyl (C=O) groups excluding carboxylic acids is 1. The zero-order valence-corrected chi connectivity index (χ0v) is 16.8. The number of hydrogen-bond acceptors (Lipinski definition) is 2. The maximum absolute atomic E-state index is 13.8. The highest BCUT2D eigenvalue weighted by Gasteiger charge is 2.18. The van der Waals surface area contributed by atoms with Crippen LogP contribution >= 0.6 is 11.6 Å². The van der Waals surface area contributed by atoms with Gasteiger partial charge in [-0.25, -0.2) is 9.37 Å². The van der Waals surface area contributed by atoms with Crippen LogP contribution in [0.25, 0.3) is 16.9 Å². The molecule has 0 atom stereocenters. The van der Waals surface area contributed by atoms with Crippen molar-refractivity contribution >= 4 is 28.8 Å². The second-order valence-corrected chi connectivity index (χ2v) is 7.48. The quantitative estimate of drug-likeness (QED) is 0.479. The summed E-state index contributed by atoms with van der Waals surface area (Å²) in [6, 6.07) is 15.8. The first-order chi connectivity index (χ1) is 13.9. The molecule has 4 aromatic rings. The van der Waals surface area contributed by atoms with Gasteiger partial charge in [0.05, 0.1) is 17.8 Å². The Bertz CT molecular complexity index is 1230. The van der Waals surface area contributed by atoms with Crippen LogP contribution in [0.1, 0.15) is 16.8 Å². The van der Waals surface area contributed by atoms with Gasteiger partial charge < -0.3 is 9.72 Å². The molecule has 0 aliphatic carbocycles. The van der Waals surface area contributed by atoms with Gasteiger partial charge in [0, 0.05) is 22.5 Å². The Balaban J connectivity index is 1.75. The highest BCUT2D eigenvalue weighted by molar-refractivity contribution is 6.30. The van der Waals surface area contributed by atoms with Crippen LogP contribution in [-0.4, -0.2) is 15.3 Å². The van der Waals surface area contributed by atoms with Crippen LogP contribution < -0.4 is 5.32 Å². The van der Waals surface area contributed by atoms with Gasteiger partial charge in [-0.1, -0.05) is 23.7 Å². The number of hydrogen-bond donors (Lipinski definition) is 1. The Morgan fingerprint density at radius 1 is 1.14 bits per heavy atom. The summed E-state index contributed by atoms with van der Waals surface area (Å²) < 4.78 is 15.7. The average Bonchev–Trinajstić information content (AvgIpc) is 3.01. The molecule has 4 nitrogen and oxygen atoms in total. The molecular formula is C23H19ClFN3O. The predicted molar refractivity (Wildman–Crippen MR) is 114 cm³/mol. The van der Waals surface area contributed by atoms with Gasteiger partial charge in [0.15, 0.2) is 0 Å². The molecule has 0 aliphatic rings. The van der Waals surface area contributed by atoms with Crippen molar-refractivity contribution in [3.05, 3.63) is 88.5 Å². The van der Waals surface area contributed by atoms with Crippen LogP contribution in [0.5, 0.6) is 0 Å². The Morgan fingerprint density at radius 3 is 2.72 bits per heavy atom. The number of carbonyl (C=O) groups is 1. The maximum atomic E-state index is 13.8. The maximum Gasteiger partial charge on any atom is 0.230 e. The van der Waals surface area contributed by atoms with Crippen molar-refractivity contribution in [1.29, 1.82) is 0 Å². The summed E-state index contributed by atoms with van der Waals surface area (Å²) in [7, 11) is 0. The molecule has 0 unspecified atom stereocenters.